The average molecular weight is 548 g/mol. The molecular weight excluding hydrogens is 510 g/mol. The van der Waals surface area contributed by atoms with Gasteiger partial charge in [0.05, 0.1) is 22.4 Å². The van der Waals surface area contributed by atoms with E-state index in [0.29, 0.717) is 23.0 Å². The van der Waals surface area contributed by atoms with Crippen molar-refractivity contribution in [2.45, 2.75) is 70.5 Å². The lowest BCUT2D eigenvalue weighted by atomic mass is 9.91. The van der Waals surface area contributed by atoms with Crippen LogP contribution in [-0.4, -0.2) is 27.8 Å². The second kappa shape index (κ2) is 10.9. The van der Waals surface area contributed by atoms with Gasteiger partial charge in [0.1, 0.15) is 6.04 Å². The highest BCUT2D eigenvalue weighted by Gasteiger charge is 2.42. The van der Waals surface area contributed by atoms with Gasteiger partial charge in [-0.2, -0.15) is 0 Å². The van der Waals surface area contributed by atoms with E-state index < -0.39 is 0 Å². The zero-order valence-corrected chi connectivity index (χ0v) is 24.0. The topological polar surface area (TPSA) is 36.3 Å². The molecule has 0 amide bonds. The number of benzene rings is 1. The molecule has 4 atom stereocenters. The summed E-state index contributed by atoms with van der Waals surface area (Å²) in [5.41, 5.74) is 4.42. The monoisotopic (exact) mass is 547 g/mol. The Bertz CT molecular complexity index is 1260. The minimum atomic E-state index is -0.0526. The highest BCUT2D eigenvalue weighted by Crippen LogP contribution is 2.45. The van der Waals surface area contributed by atoms with Crippen molar-refractivity contribution in [2.75, 3.05) is 22.9 Å². The molecule has 0 bridgehead atoms. The lowest BCUT2D eigenvalue weighted by Gasteiger charge is -2.37. The molecule has 2 aromatic heterocycles. The second-order valence-electron chi connectivity index (χ2n) is 11.6. The van der Waals surface area contributed by atoms with E-state index in [-0.39, 0.29) is 12.1 Å². The Morgan fingerprint density at radius 3 is 2.47 bits per heavy atom. The molecular formula is C31H38ClN5S. The zero-order chi connectivity index (χ0) is 26.2. The van der Waals surface area contributed by atoms with Gasteiger partial charge in [-0.3, -0.25) is 4.98 Å². The lowest BCUT2D eigenvalue weighted by molar-refractivity contribution is 0.340. The standard InChI is InChI=1S/C31H38ClN5S/c1-21-17-22(2)20-35(19-21)27-14-13-24(18-25(27)32)37-30(29(34-31(37)38)26-11-6-7-15-33-26)28-12-8-16-36(28)23-9-4-3-5-10-23/h6-8,11-16,18,21-23,29-30H,3-5,9-10,17,19-20H2,1-2H3,(H,34,38)/t21-,22+,29-,30+/m0/s1. The third kappa shape index (κ3) is 4.93. The number of nitrogens with zero attached hydrogens (tertiary/aromatic N) is 4. The van der Waals surface area contributed by atoms with Crippen LogP contribution in [0.3, 0.4) is 0 Å². The molecule has 0 radical (unpaired) electrons. The summed E-state index contributed by atoms with van der Waals surface area (Å²) in [4.78, 5) is 9.46. The number of hydrogen-bond acceptors (Lipinski definition) is 3. The summed E-state index contributed by atoms with van der Waals surface area (Å²) < 4.78 is 2.51. The van der Waals surface area contributed by atoms with Crippen LogP contribution < -0.4 is 15.1 Å². The van der Waals surface area contributed by atoms with Gasteiger partial charge in [0.15, 0.2) is 5.11 Å². The van der Waals surface area contributed by atoms with Crippen LogP contribution in [0.4, 0.5) is 11.4 Å². The van der Waals surface area contributed by atoms with Gasteiger partial charge in [0.2, 0.25) is 0 Å². The Balaban J connectivity index is 1.39. The molecule has 1 aliphatic carbocycles. The fourth-order valence-corrected chi connectivity index (χ4v) is 7.68. The number of aromatic nitrogens is 2. The number of pyridine rings is 1. The molecule has 7 heteroatoms. The largest absolute Gasteiger partial charge is 0.370 e. The van der Waals surface area contributed by atoms with Crippen molar-refractivity contribution in [1.82, 2.24) is 14.9 Å². The molecule has 0 unspecified atom stereocenters. The molecule has 38 heavy (non-hydrogen) atoms. The highest BCUT2D eigenvalue weighted by atomic mass is 35.5. The Kier molecular flexibility index (Phi) is 7.37. The van der Waals surface area contributed by atoms with E-state index in [9.17, 15) is 0 Å². The molecule has 6 rings (SSSR count). The molecule has 0 spiro atoms. The quantitative estimate of drug-likeness (QED) is 0.331. The molecule has 200 valence electrons. The molecule has 1 saturated carbocycles. The predicted octanol–water partition coefficient (Wildman–Crippen LogP) is 7.70. The number of anilines is 2. The molecule has 3 aliphatic rings. The van der Waals surface area contributed by atoms with Crippen LogP contribution in [0.2, 0.25) is 5.02 Å². The molecule has 4 heterocycles. The van der Waals surface area contributed by atoms with Crippen molar-refractivity contribution in [3.63, 3.8) is 0 Å². The van der Waals surface area contributed by atoms with E-state index in [2.05, 4.69) is 82.2 Å². The summed E-state index contributed by atoms with van der Waals surface area (Å²) >= 11 is 13.0. The third-order valence-electron chi connectivity index (χ3n) is 8.60. The predicted molar refractivity (Wildman–Crippen MR) is 161 cm³/mol. The summed E-state index contributed by atoms with van der Waals surface area (Å²) in [7, 11) is 0. The van der Waals surface area contributed by atoms with E-state index >= 15 is 0 Å². The first-order valence-corrected chi connectivity index (χ1v) is 15.0. The molecule has 1 N–H and O–H groups in total. The first kappa shape index (κ1) is 25.7. The van der Waals surface area contributed by atoms with Crippen molar-refractivity contribution in [2.24, 2.45) is 11.8 Å². The van der Waals surface area contributed by atoms with Crippen LogP contribution in [0.1, 0.15) is 81.9 Å². The maximum Gasteiger partial charge on any atom is 0.174 e. The van der Waals surface area contributed by atoms with Crippen molar-refractivity contribution < 1.29 is 0 Å². The average Bonchev–Trinajstić information content (AvgIpc) is 3.53. The molecule has 2 aliphatic heterocycles. The Labute approximate surface area is 237 Å². The lowest BCUT2D eigenvalue weighted by Crippen LogP contribution is -2.39. The van der Waals surface area contributed by atoms with Crippen LogP contribution in [0.15, 0.2) is 60.9 Å². The summed E-state index contributed by atoms with van der Waals surface area (Å²) in [6.45, 7) is 6.77. The van der Waals surface area contributed by atoms with Crippen LogP contribution in [0, 0.1) is 11.8 Å². The Hall–Kier alpha value is -2.57. The van der Waals surface area contributed by atoms with Crippen LogP contribution in [-0.2, 0) is 0 Å². The van der Waals surface area contributed by atoms with Gasteiger partial charge in [-0.1, -0.05) is 50.8 Å². The number of piperidine rings is 1. The number of halogens is 1. The van der Waals surface area contributed by atoms with Gasteiger partial charge in [0.25, 0.3) is 0 Å². The van der Waals surface area contributed by atoms with E-state index in [1.807, 2.05) is 12.3 Å². The van der Waals surface area contributed by atoms with E-state index in [4.69, 9.17) is 28.8 Å². The number of rotatable bonds is 5. The summed E-state index contributed by atoms with van der Waals surface area (Å²) in [6.07, 6.45) is 11.8. The van der Waals surface area contributed by atoms with Crippen molar-refractivity contribution in [3.8, 4) is 0 Å². The molecule has 2 saturated heterocycles. The third-order valence-corrected chi connectivity index (χ3v) is 9.22. The Morgan fingerprint density at radius 1 is 0.974 bits per heavy atom. The molecule has 1 aromatic carbocycles. The van der Waals surface area contributed by atoms with E-state index in [1.165, 1.54) is 44.2 Å². The van der Waals surface area contributed by atoms with Crippen molar-refractivity contribution >= 4 is 40.3 Å². The second-order valence-corrected chi connectivity index (χ2v) is 12.4. The van der Waals surface area contributed by atoms with Crippen molar-refractivity contribution in [3.05, 3.63) is 77.3 Å². The normalized spacial score (nSPS) is 26.6. The minimum absolute atomic E-state index is 0.0220. The highest BCUT2D eigenvalue weighted by molar-refractivity contribution is 7.80. The fraction of sp³-hybridized carbons (Fsp3) is 0.484. The van der Waals surface area contributed by atoms with E-state index in [1.54, 1.807) is 0 Å². The van der Waals surface area contributed by atoms with E-state index in [0.717, 1.165) is 35.2 Å². The van der Waals surface area contributed by atoms with Crippen LogP contribution in [0.5, 0.6) is 0 Å². The summed E-state index contributed by atoms with van der Waals surface area (Å²) in [5.74, 6) is 1.34. The van der Waals surface area contributed by atoms with Crippen LogP contribution in [0.25, 0.3) is 0 Å². The Morgan fingerprint density at radius 2 is 1.76 bits per heavy atom. The van der Waals surface area contributed by atoms with Gasteiger partial charge in [0, 0.05) is 42.9 Å². The number of thiocarbonyl (C=S) groups is 1. The molecule has 5 nitrogen and oxygen atoms in total. The number of hydrogen-bond donors (Lipinski definition) is 1. The number of nitrogens with one attached hydrogen (secondary N) is 1. The smallest absolute Gasteiger partial charge is 0.174 e. The van der Waals surface area contributed by atoms with Gasteiger partial charge < -0.3 is 19.7 Å². The first-order valence-electron chi connectivity index (χ1n) is 14.2. The maximum absolute atomic E-state index is 7.01. The van der Waals surface area contributed by atoms with Gasteiger partial charge in [-0.05, 0) is 85.8 Å². The minimum Gasteiger partial charge on any atom is -0.370 e. The summed E-state index contributed by atoms with van der Waals surface area (Å²) in [6, 6.07) is 17.5. The molecule has 3 aromatic rings. The van der Waals surface area contributed by atoms with Gasteiger partial charge in [-0.25, -0.2) is 0 Å². The van der Waals surface area contributed by atoms with Gasteiger partial charge in [-0.15, -0.1) is 0 Å². The zero-order valence-electron chi connectivity index (χ0n) is 22.4. The van der Waals surface area contributed by atoms with Crippen molar-refractivity contribution in [1.29, 1.82) is 0 Å². The van der Waals surface area contributed by atoms with Crippen LogP contribution >= 0.6 is 23.8 Å². The summed E-state index contributed by atoms with van der Waals surface area (Å²) in [5, 5.41) is 5.12. The first-order chi connectivity index (χ1) is 18.5. The van der Waals surface area contributed by atoms with Gasteiger partial charge >= 0.3 is 0 Å². The SMILES string of the molecule is C[C@@H]1C[C@H](C)CN(c2ccc(N3C(=S)N[C@@H](c4ccccn4)[C@H]3c3cccn3C3CCCCC3)cc2Cl)C1. The maximum atomic E-state index is 7.01. The fourth-order valence-electron chi connectivity index (χ4n) is 7.04. The molecule has 3 fully saturated rings.